The molecule has 0 bridgehead atoms. The second-order valence-corrected chi connectivity index (χ2v) is 3.65. The van der Waals surface area contributed by atoms with E-state index in [9.17, 15) is 29.8 Å². The highest BCUT2D eigenvalue weighted by atomic mass is 16.7. The van der Waals surface area contributed by atoms with Gasteiger partial charge in [-0.05, 0) is 0 Å². The van der Waals surface area contributed by atoms with Crippen LogP contribution in [0.4, 0.5) is 11.4 Å². The van der Waals surface area contributed by atoms with E-state index in [1.54, 1.807) is 0 Å². The monoisotopic (exact) mass is 298 g/mol. The molecule has 112 valence electrons. The molecule has 21 heavy (non-hydrogen) atoms. The van der Waals surface area contributed by atoms with Crippen molar-refractivity contribution < 1.29 is 24.3 Å². The Hall–Kier alpha value is -3.08. The van der Waals surface area contributed by atoms with Gasteiger partial charge in [-0.25, -0.2) is 5.48 Å². The Kier molecular flexibility index (Phi) is 5.25. The molecule has 2 amide bonds. The number of nitrogens with one attached hydrogen (secondary N) is 2. The first-order chi connectivity index (χ1) is 9.85. The average Bonchev–Trinajstić information content (AvgIpc) is 2.46. The maximum absolute atomic E-state index is 11.7. The van der Waals surface area contributed by atoms with Crippen LogP contribution in [0, 0.1) is 20.2 Å². The predicted molar refractivity (Wildman–Crippen MR) is 67.2 cm³/mol. The first kappa shape index (κ1) is 16.0. The molecule has 0 radical (unpaired) electrons. The largest absolute Gasteiger partial charge is 0.357 e. The number of nitro groups is 2. The second-order valence-electron chi connectivity index (χ2n) is 3.65. The number of nitrogens with zero attached hydrogens (tertiary/aromatic N) is 2. The number of benzene rings is 1. The maximum Gasteiger partial charge on any atom is 0.277 e. The first-order valence-corrected chi connectivity index (χ1v) is 5.41. The zero-order chi connectivity index (χ0) is 16.0. The van der Waals surface area contributed by atoms with E-state index in [2.05, 4.69) is 10.2 Å². The molecule has 11 heteroatoms. The van der Waals surface area contributed by atoms with E-state index in [1.165, 1.54) is 7.05 Å². The van der Waals surface area contributed by atoms with Gasteiger partial charge in [-0.1, -0.05) is 0 Å². The van der Waals surface area contributed by atoms with Gasteiger partial charge in [-0.15, -0.1) is 0 Å². The number of amides is 2. The van der Waals surface area contributed by atoms with Crippen LogP contribution < -0.4 is 10.8 Å². The number of hydrogen-bond acceptors (Lipinski definition) is 7. The standard InChI is InChI=1S/C10H10N4O7/c1-11-9(15)5-21-12-10(16)6-2-7(13(17)18)4-8(3-6)14(19)20/h2-4H,5H2,1H3,(H,11,15)(H,12,16). The number of rotatable bonds is 6. The molecule has 1 rings (SSSR count). The van der Waals surface area contributed by atoms with Crippen LogP contribution in [0.25, 0.3) is 0 Å². The van der Waals surface area contributed by atoms with Crippen molar-refractivity contribution in [2.24, 2.45) is 0 Å². The van der Waals surface area contributed by atoms with Crippen molar-refractivity contribution in [3.8, 4) is 0 Å². The van der Waals surface area contributed by atoms with Gasteiger partial charge in [0.05, 0.1) is 21.5 Å². The van der Waals surface area contributed by atoms with Crippen LogP contribution >= 0.6 is 0 Å². The fourth-order valence-corrected chi connectivity index (χ4v) is 1.24. The molecule has 0 aliphatic carbocycles. The van der Waals surface area contributed by atoms with Crippen molar-refractivity contribution in [3.05, 3.63) is 44.0 Å². The Bertz CT molecular complexity index is 569. The van der Waals surface area contributed by atoms with Crippen LogP contribution in [-0.2, 0) is 9.63 Å². The van der Waals surface area contributed by atoms with Crippen LogP contribution in [0.15, 0.2) is 18.2 Å². The molecule has 2 N–H and O–H groups in total. The molecule has 0 atom stereocenters. The molecule has 1 aromatic rings. The lowest BCUT2D eigenvalue weighted by molar-refractivity contribution is -0.394. The third kappa shape index (κ3) is 4.50. The Morgan fingerprint density at radius 1 is 1.14 bits per heavy atom. The summed E-state index contributed by atoms with van der Waals surface area (Å²) in [6.07, 6.45) is 0. The van der Waals surface area contributed by atoms with Gasteiger partial charge >= 0.3 is 0 Å². The van der Waals surface area contributed by atoms with Gasteiger partial charge < -0.3 is 5.32 Å². The number of carbonyl (C=O) groups excluding carboxylic acids is 2. The zero-order valence-electron chi connectivity index (χ0n) is 10.7. The van der Waals surface area contributed by atoms with Crippen molar-refractivity contribution >= 4 is 23.2 Å². The van der Waals surface area contributed by atoms with E-state index in [-0.39, 0.29) is 5.56 Å². The molecule has 0 unspecified atom stereocenters. The van der Waals surface area contributed by atoms with Crippen LogP contribution in [0.1, 0.15) is 10.4 Å². The van der Waals surface area contributed by atoms with Gasteiger partial charge in [0.2, 0.25) is 5.91 Å². The van der Waals surface area contributed by atoms with Gasteiger partial charge in [-0.3, -0.25) is 34.7 Å². The van der Waals surface area contributed by atoms with Crippen molar-refractivity contribution in [2.75, 3.05) is 13.7 Å². The quantitative estimate of drug-likeness (QED) is 0.549. The number of hydrogen-bond donors (Lipinski definition) is 2. The van der Waals surface area contributed by atoms with Gasteiger partial charge in [0.15, 0.2) is 6.61 Å². The summed E-state index contributed by atoms with van der Waals surface area (Å²) < 4.78 is 0. The number of carbonyl (C=O) groups is 2. The number of likely N-dealkylation sites (N-methyl/N-ethyl adjacent to an activating group) is 1. The molecular formula is C10H10N4O7. The molecule has 0 aromatic heterocycles. The Morgan fingerprint density at radius 3 is 2.10 bits per heavy atom. The molecule has 0 heterocycles. The summed E-state index contributed by atoms with van der Waals surface area (Å²) in [6, 6.07) is 2.43. The molecule has 0 aliphatic heterocycles. The third-order valence-electron chi connectivity index (χ3n) is 2.23. The summed E-state index contributed by atoms with van der Waals surface area (Å²) in [6.45, 7) is -0.473. The highest BCUT2D eigenvalue weighted by molar-refractivity contribution is 5.95. The highest BCUT2D eigenvalue weighted by Crippen LogP contribution is 2.22. The second kappa shape index (κ2) is 6.91. The van der Waals surface area contributed by atoms with Crippen LogP contribution in [0.2, 0.25) is 0 Å². The van der Waals surface area contributed by atoms with Gasteiger partial charge in [0.25, 0.3) is 17.3 Å². The van der Waals surface area contributed by atoms with Gasteiger partial charge in [0.1, 0.15) is 0 Å². The van der Waals surface area contributed by atoms with E-state index >= 15 is 0 Å². The van der Waals surface area contributed by atoms with E-state index in [1.807, 2.05) is 5.48 Å². The van der Waals surface area contributed by atoms with Crippen LogP contribution in [0.5, 0.6) is 0 Å². The smallest absolute Gasteiger partial charge is 0.277 e. The maximum atomic E-state index is 11.7. The topological polar surface area (TPSA) is 154 Å². The zero-order valence-corrected chi connectivity index (χ0v) is 10.7. The predicted octanol–water partition coefficient (Wildman–Crippen LogP) is -0.0896. The summed E-state index contributed by atoms with van der Waals surface area (Å²) in [7, 11) is 1.36. The van der Waals surface area contributed by atoms with Crippen molar-refractivity contribution in [1.29, 1.82) is 0 Å². The number of nitro benzene ring substituents is 2. The minimum atomic E-state index is -0.953. The Labute approximate surface area is 117 Å². The number of hydroxylamine groups is 1. The van der Waals surface area contributed by atoms with Crippen molar-refractivity contribution in [1.82, 2.24) is 10.8 Å². The third-order valence-corrected chi connectivity index (χ3v) is 2.23. The lowest BCUT2D eigenvalue weighted by Gasteiger charge is -2.05. The van der Waals surface area contributed by atoms with Gasteiger partial charge in [-0.2, -0.15) is 0 Å². The van der Waals surface area contributed by atoms with E-state index in [4.69, 9.17) is 0 Å². The summed E-state index contributed by atoms with van der Waals surface area (Å²) in [5, 5.41) is 23.6. The van der Waals surface area contributed by atoms with Crippen LogP contribution in [-0.4, -0.2) is 35.3 Å². The fraction of sp³-hybridized carbons (Fsp3) is 0.200. The average molecular weight is 298 g/mol. The highest BCUT2D eigenvalue weighted by Gasteiger charge is 2.20. The van der Waals surface area contributed by atoms with E-state index < -0.39 is 39.6 Å². The van der Waals surface area contributed by atoms with E-state index in [0.717, 1.165) is 18.2 Å². The molecule has 0 fully saturated rings. The normalized spacial score (nSPS) is 9.76. The summed E-state index contributed by atoms with van der Waals surface area (Å²) in [5.74, 6) is -1.47. The van der Waals surface area contributed by atoms with Gasteiger partial charge in [0, 0.05) is 19.2 Å². The molecule has 0 aliphatic rings. The van der Waals surface area contributed by atoms with Crippen LogP contribution in [0.3, 0.4) is 0 Å². The molecule has 11 nitrogen and oxygen atoms in total. The lowest BCUT2D eigenvalue weighted by Crippen LogP contribution is -2.31. The van der Waals surface area contributed by atoms with E-state index in [0.29, 0.717) is 0 Å². The van der Waals surface area contributed by atoms with Crippen molar-refractivity contribution in [2.45, 2.75) is 0 Å². The summed E-state index contributed by atoms with van der Waals surface area (Å²) in [5.41, 5.74) is 0.290. The fourth-order valence-electron chi connectivity index (χ4n) is 1.24. The molecule has 1 aromatic carbocycles. The Balaban J connectivity index is 2.90. The first-order valence-electron chi connectivity index (χ1n) is 5.41. The minimum Gasteiger partial charge on any atom is -0.357 e. The SMILES string of the molecule is CNC(=O)CONC(=O)c1cc([N+](=O)[O-])cc([N+](=O)[O-])c1. The molecule has 0 saturated heterocycles. The minimum absolute atomic E-state index is 0.340. The summed E-state index contributed by atoms with van der Waals surface area (Å²) >= 11 is 0. The molecular weight excluding hydrogens is 288 g/mol. The lowest BCUT2D eigenvalue weighted by atomic mass is 10.1. The Morgan fingerprint density at radius 2 is 1.67 bits per heavy atom. The molecule has 0 saturated carbocycles. The number of non-ortho nitro benzene ring substituents is 2. The summed E-state index contributed by atoms with van der Waals surface area (Å²) in [4.78, 5) is 46.6. The van der Waals surface area contributed by atoms with Crippen molar-refractivity contribution in [3.63, 3.8) is 0 Å². The molecule has 0 spiro atoms.